The van der Waals surface area contributed by atoms with Crippen molar-refractivity contribution in [2.24, 2.45) is 94.7 Å². The second kappa shape index (κ2) is 32.2. The molecule has 3 aromatic heterocycles. The average Bonchev–Trinajstić information content (AvgIpc) is 1.53. The number of fused-ring (bicyclic) bond motifs is 8. The number of nitrogens with two attached hydrogens (primary N) is 7. The summed E-state index contributed by atoms with van der Waals surface area (Å²) in [7, 11) is -5.32. The average molecular weight is 1580 g/mol. The number of carbonyl (C=O) groups excluding carboxylic acids is 7. The maximum Gasteiger partial charge on any atom is 3.00 e. The standard InChI is InChI=1S/C62H90N13O14P.C10H12N5O3.Co/c1-29-20-39-40(21-30(29)2)75(28-70-39)57-52(84)53(41(27-76)87-57)89-90(85,86)88-31(3)26-69-49(83)18-19-59(8)37(22-46(66)80)56-62(11)61(10,25-48(68)82)36(14-17-45(65)79)51(74-62)33(5)55-60(9,24-47(67)81)34(12-15-43(63)77)38(71-55)23-42-58(6,7)35(13-16-44(64)78)50(72-42)32(4)54(59)73-56;1-4-6(16)7(17)10(18-4)15-3-14-5-8(11)12-2-13-9(5)15;/h20-21,23,28,31,34-37,41,52-53,56-57,76,84H,12-19,22,24-27H2,1-11H3,(H15,63,64,65,66,67,68,69,71,72,73,74,77,78,79,80,81,82,83,85,86);2-4,6-7,10,16-17H,1H2,(H2,11,12,13);/q;-1;+3/p-2/t31?,34-,35-,36-,37+,41-,52?,53?,56?,57+,59-,60+,61+,62+;4?,6-,7-,10-;/m10./s1. The Morgan fingerprint density at radius 2 is 1.34 bits per heavy atom. The van der Waals surface area contributed by atoms with Crippen molar-refractivity contribution in [3.63, 3.8) is 0 Å². The monoisotopic (exact) mass is 1580 g/mol. The molecule has 7 aliphatic heterocycles. The van der Waals surface area contributed by atoms with Gasteiger partial charge in [-0.1, -0.05) is 40.7 Å². The molecule has 19 N–H and O–H groups in total. The molecule has 3 saturated heterocycles. The number of phosphoric acid groups is 1. The number of imidazole rings is 2. The Morgan fingerprint density at radius 1 is 0.734 bits per heavy atom. The van der Waals surface area contributed by atoms with Gasteiger partial charge in [-0.3, -0.25) is 57.7 Å². The van der Waals surface area contributed by atoms with Crippen LogP contribution in [0.15, 0.2) is 80.4 Å². The molecule has 8 bridgehead atoms. The number of hydrogen-bond acceptors (Lipinski definition) is 25. The number of aliphatic hydroxyl groups is 4. The number of aromatic nitrogens is 6. The van der Waals surface area contributed by atoms with Crippen LogP contribution in [0.25, 0.3) is 27.5 Å². The largest absolute Gasteiger partial charge is 3.00 e. The minimum Gasteiger partial charge on any atom is -0.756 e. The number of nitrogens with one attached hydrogen (secondary N) is 1. The van der Waals surface area contributed by atoms with Crippen LogP contribution in [0.4, 0.5) is 5.82 Å². The SMILES string of the molecule is C/C1=C2/[N-]C([C@H](CC(N)=O)[C@@]2(C)CCC(=O)NCC(C)OP(=O)([O-])OC2C(O)[C@@H](n3cnc4cc(C)c(C)cc43)O[C@@H]2CO)[C@]2(C)N=C(/C(C)=C3N=C(/C=C4N=C1[C@@H](CCC(N)=O)C\4(C)C)[C@@H](CCC(N)=O)[C@]\3(C)CC(N)=O)[C@@H](CCC(N)=O)[C@]2(C)CC(N)=O.[CH2-]C1O[C@H](n2cnc3c(N)ncnc32)[C@@H](O)[C@H]1O.[Co+3]. The van der Waals surface area contributed by atoms with Crippen molar-refractivity contribution in [3.05, 3.63) is 88.8 Å². The number of primary amides is 6. The van der Waals surface area contributed by atoms with E-state index in [-0.39, 0.29) is 99.8 Å². The van der Waals surface area contributed by atoms with Crippen molar-refractivity contribution in [2.45, 2.75) is 214 Å². The quantitative estimate of drug-likeness (QED) is 0.0301. The van der Waals surface area contributed by atoms with Gasteiger partial charge in [-0.05, 0) is 125 Å². The zero-order chi connectivity index (χ0) is 79.6. The molecule has 4 aromatic rings. The predicted octanol–water partition coefficient (Wildman–Crippen LogP) is 2.17. The van der Waals surface area contributed by atoms with Gasteiger partial charge in [0.05, 0.1) is 53.7 Å². The van der Waals surface area contributed by atoms with E-state index in [0.29, 0.717) is 67.6 Å². The van der Waals surface area contributed by atoms with Gasteiger partial charge in [-0.25, -0.2) is 19.9 Å². The summed E-state index contributed by atoms with van der Waals surface area (Å²) < 4.78 is 38.8. The summed E-state index contributed by atoms with van der Waals surface area (Å²) in [5.74, 6) is -7.16. The number of allylic oxidation sites excluding steroid dienone is 6. The van der Waals surface area contributed by atoms with Gasteiger partial charge in [0.2, 0.25) is 41.4 Å². The summed E-state index contributed by atoms with van der Waals surface area (Å²) in [6.07, 6.45) is -5.69. The van der Waals surface area contributed by atoms with Gasteiger partial charge in [-0.2, -0.15) is 5.70 Å². The molecule has 0 radical (unpaired) electrons. The fourth-order valence-electron chi connectivity index (χ4n) is 17.3. The molecule has 109 heavy (non-hydrogen) atoms. The van der Waals surface area contributed by atoms with E-state index >= 15 is 0 Å². The van der Waals surface area contributed by atoms with E-state index in [2.05, 4.69) is 32.2 Å². The van der Waals surface area contributed by atoms with Crippen LogP contribution >= 0.6 is 7.82 Å². The molecular formula is C72H100CoN18O17P. The second-order valence-electron chi connectivity index (χ2n) is 31.1. The number of aliphatic hydroxyl groups excluding tert-OH is 4. The van der Waals surface area contributed by atoms with Gasteiger partial charge in [0.25, 0.3) is 7.82 Å². The van der Waals surface area contributed by atoms with E-state index in [0.717, 1.165) is 11.1 Å². The maximum atomic E-state index is 14.4. The minimum atomic E-state index is -5.32. The number of nitrogens with zero attached hydrogens (tertiary/aromatic N) is 10. The van der Waals surface area contributed by atoms with Gasteiger partial charge in [0.1, 0.15) is 36.3 Å². The van der Waals surface area contributed by atoms with Crippen LogP contribution < -0.4 is 50.3 Å². The normalized spacial score (nSPS) is 33.6. The number of hydrogen-bond donors (Lipinski definition) is 12. The van der Waals surface area contributed by atoms with Crippen molar-refractivity contribution in [2.75, 3.05) is 18.9 Å². The van der Waals surface area contributed by atoms with Crippen molar-refractivity contribution in [1.29, 1.82) is 0 Å². The molecule has 3 fully saturated rings. The van der Waals surface area contributed by atoms with E-state index in [4.69, 9.17) is 79.0 Å². The molecule has 19 atom stereocenters. The van der Waals surface area contributed by atoms with Crippen molar-refractivity contribution < 1.29 is 98.7 Å². The van der Waals surface area contributed by atoms with E-state index in [1.54, 1.807) is 6.92 Å². The van der Waals surface area contributed by atoms with Crippen LogP contribution in [0.2, 0.25) is 0 Å². The van der Waals surface area contributed by atoms with Gasteiger partial charge in [0, 0.05) is 108 Å². The number of phosphoric ester groups is 1. The van der Waals surface area contributed by atoms with Crippen molar-refractivity contribution in [3.8, 4) is 0 Å². The Kier molecular flexibility index (Phi) is 25.0. The van der Waals surface area contributed by atoms with Crippen molar-refractivity contribution in [1.82, 2.24) is 34.4 Å². The third kappa shape index (κ3) is 16.3. The van der Waals surface area contributed by atoms with E-state index in [1.165, 1.54) is 35.0 Å². The number of nitrogen functional groups attached to an aromatic ring is 1. The number of benzene rings is 1. The molecule has 37 heteroatoms. The summed E-state index contributed by atoms with van der Waals surface area (Å²) in [6.45, 7) is 22.6. The summed E-state index contributed by atoms with van der Waals surface area (Å²) in [5, 5.41) is 49.6. The number of anilines is 1. The fourth-order valence-corrected chi connectivity index (χ4v) is 18.5. The predicted molar refractivity (Wildman–Crippen MR) is 393 cm³/mol. The molecule has 6 unspecified atom stereocenters. The second-order valence-corrected chi connectivity index (χ2v) is 32.4. The number of aryl methyl sites for hydroxylation is 2. The van der Waals surface area contributed by atoms with Gasteiger partial charge in [-0.15, -0.1) is 0 Å². The fraction of sp³-hybridized carbons (Fsp3) is 0.597. The Balaban J connectivity index is 0.000000623. The molecule has 0 saturated carbocycles. The molecule has 0 aliphatic carbocycles. The smallest absolute Gasteiger partial charge is 0.756 e. The first-order chi connectivity index (χ1) is 50.4. The summed E-state index contributed by atoms with van der Waals surface area (Å²) in [5.41, 5.74) is 43.2. The van der Waals surface area contributed by atoms with E-state index in [1.807, 2.05) is 80.5 Å². The number of amides is 7. The summed E-state index contributed by atoms with van der Waals surface area (Å²) >= 11 is 0. The maximum absolute atomic E-state index is 14.4. The zero-order valence-electron chi connectivity index (χ0n) is 62.8. The minimum absolute atomic E-state index is 0. The number of aliphatic imine (C=N–C) groups is 3. The molecule has 7 aliphatic rings. The first-order valence-corrected chi connectivity index (χ1v) is 37.3. The van der Waals surface area contributed by atoms with Crippen LogP contribution in [-0.2, 0) is 73.4 Å². The molecule has 0 spiro atoms. The first-order valence-electron chi connectivity index (χ1n) is 35.9. The molecule has 11 rings (SSSR count). The molecule has 1 aromatic carbocycles. The number of ether oxygens (including phenoxy) is 2. The van der Waals surface area contributed by atoms with Crippen LogP contribution in [0.3, 0.4) is 0 Å². The number of carbonyl (C=O) groups is 7. The van der Waals surface area contributed by atoms with Crippen LogP contribution in [0.1, 0.15) is 157 Å². The third-order valence-electron chi connectivity index (χ3n) is 23.5. The van der Waals surface area contributed by atoms with Gasteiger partial charge in [0.15, 0.2) is 23.9 Å². The Bertz CT molecular complexity index is 4520. The molecule has 35 nitrogen and oxygen atoms in total. The number of rotatable bonds is 27. The van der Waals surface area contributed by atoms with E-state index < -0.39 is 168 Å². The van der Waals surface area contributed by atoms with Crippen LogP contribution in [0, 0.1) is 66.1 Å². The Labute approximate surface area is 640 Å². The topological polar surface area (TPSA) is 584 Å². The Hall–Kier alpha value is -8.26. The first kappa shape index (κ1) is 84.8. The van der Waals surface area contributed by atoms with Crippen LogP contribution in [0.5, 0.6) is 0 Å². The zero-order valence-corrected chi connectivity index (χ0v) is 64.8. The van der Waals surface area contributed by atoms with E-state index in [9.17, 15) is 63.4 Å². The van der Waals surface area contributed by atoms with Crippen molar-refractivity contribution >= 4 is 94.3 Å². The summed E-state index contributed by atoms with van der Waals surface area (Å²) in [6, 6.07) is 2.65. The summed E-state index contributed by atoms with van der Waals surface area (Å²) in [4.78, 5) is 140. The van der Waals surface area contributed by atoms with Gasteiger partial charge < -0.3 is 106 Å². The Morgan fingerprint density at radius 3 is 1.94 bits per heavy atom. The molecule has 7 amide bonds. The molecular weight excluding hydrogens is 1480 g/mol. The van der Waals surface area contributed by atoms with Gasteiger partial charge >= 0.3 is 16.8 Å². The molecule has 594 valence electrons. The van der Waals surface area contributed by atoms with Crippen LogP contribution in [-0.4, -0.2) is 175 Å². The third-order valence-corrected chi connectivity index (χ3v) is 24.6. The molecule has 10 heterocycles.